The highest BCUT2D eigenvalue weighted by molar-refractivity contribution is 5.32. The Balaban J connectivity index is 2.67. The number of benzene rings is 1. The molecule has 1 rings (SSSR count). The molecule has 0 radical (unpaired) electrons. The van der Waals surface area contributed by atoms with Crippen molar-refractivity contribution in [2.24, 2.45) is 0 Å². The monoisotopic (exact) mass is 208 g/mol. The quantitative estimate of drug-likeness (QED) is 0.554. The van der Waals surface area contributed by atoms with E-state index in [2.05, 4.69) is 13.0 Å². The molecule has 0 N–H and O–H groups in total. The normalized spacial score (nSPS) is 11.5. The van der Waals surface area contributed by atoms with Crippen LogP contribution in [0.15, 0.2) is 24.3 Å². The van der Waals surface area contributed by atoms with Crippen LogP contribution in [0.25, 0.3) is 0 Å². The summed E-state index contributed by atoms with van der Waals surface area (Å²) in [5.74, 6) is 0.828. The van der Waals surface area contributed by atoms with Crippen molar-refractivity contribution in [1.29, 1.82) is 0 Å². The molecule has 0 atom stereocenters. The SMILES string of the molecule is CCCc1ccccc1OOC(C)(C)C. The zero-order valence-electron chi connectivity index (χ0n) is 10.0. The van der Waals surface area contributed by atoms with Crippen LogP contribution in [0, 0.1) is 0 Å². The van der Waals surface area contributed by atoms with Crippen molar-refractivity contribution in [3.05, 3.63) is 29.8 Å². The molecule has 1 aromatic rings. The fourth-order valence-corrected chi connectivity index (χ4v) is 1.23. The summed E-state index contributed by atoms with van der Waals surface area (Å²) in [6, 6.07) is 8.00. The number of hydrogen-bond acceptors (Lipinski definition) is 2. The molecule has 0 spiro atoms. The van der Waals surface area contributed by atoms with Crippen molar-refractivity contribution >= 4 is 0 Å². The summed E-state index contributed by atoms with van der Waals surface area (Å²) in [6.07, 6.45) is 2.12. The Bertz CT molecular complexity index is 300. The Morgan fingerprint density at radius 1 is 1.13 bits per heavy atom. The summed E-state index contributed by atoms with van der Waals surface area (Å²) < 4.78 is 0. The molecule has 0 unspecified atom stereocenters. The predicted molar refractivity (Wildman–Crippen MR) is 61.9 cm³/mol. The molecule has 15 heavy (non-hydrogen) atoms. The number of aryl methyl sites for hydroxylation is 1. The van der Waals surface area contributed by atoms with E-state index >= 15 is 0 Å². The molecular formula is C13H20O2. The molecule has 0 saturated heterocycles. The van der Waals surface area contributed by atoms with E-state index in [4.69, 9.17) is 9.78 Å². The molecule has 0 bridgehead atoms. The van der Waals surface area contributed by atoms with Crippen LogP contribution in [0.2, 0.25) is 0 Å². The van der Waals surface area contributed by atoms with Gasteiger partial charge in [0, 0.05) is 0 Å². The maximum absolute atomic E-state index is 5.35. The molecule has 0 aliphatic rings. The summed E-state index contributed by atoms with van der Waals surface area (Å²) >= 11 is 0. The van der Waals surface area contributed by atoms with E-state index in [0.29, 0.717) is 0 Å². The zero-order chi connectivity index (χ0) is 11.3. The molecule has 0 heterocycles. The number of hydrogen-bond donors (Lipinski definition) is 0. The highest BCUT2D eigenvalue weighted by Gasteiger charge is 2.13. The van der Waals surface area contributed by atoms with Crippen LogP contribution >= 0.6 is 0 Å². The van der Waals surface area contributed by atoms with Crippen LogP contribution in [0.1, 0.15) is 39.7 Å². The van der Waals surface area contributed by atoms with Gasteiger partial charge in [-0.3, -0.25) is 0 Å². The van der Waals surface area contributed by atoms with Gasteiger partial charge in [0.25, 0.3) is 0 Å². The first kappa shape index (κ1) is 12.1. The minimum Gasteiger partial charge on any atom is -0.337 e. The fraction of sp³-hybridized carbons (Fsp3) is 0.538. The summed E-state index contributed by atoms with van der Waals surface area (Å²) in [6.45, 7) is 8.06. The molecule has 1 aromatic carbocycles. The molecule has 0 saturated carbocycles. The van der Waals surface area contributed by atoms with Gasteiger partial charge in [0.1, 0.15) is 5.60 Å². The van der Waals surface area contributed by atoms with Crippen LogP contribution in [0.4, 0.5) is 0 Å². The largest absolute Gasteiger partial charge is 0.337 e. The first-order valence-electron chi connectivity index (χ1n) is 5.46. The minimum atomic E-state index is -0.278. The van der Waals surface area contributed by atoms with Crippen LogP contribution in [-0.4, -0.2) is 5.60 Å². The van der Waals surface area contributed by atoms with Gasteiger partial charge in [-0.15, -0.1) is 0 Å². The van der Waals surface area contributed by atoms with Crippen molar-refractivity contribution in [1.82, 2.24) is 0 Å². The lowest BCUT2D eigenvalue weighted by Crippen LogP contribution is -2.21. The third-order valence-electron chi connectivity index (χ3n) is 1.87. The van der Waals surface area contributed by atoms with Crippen molar-refractivity contribution in [3.63, 3.8) is 0 Å². The summed E-state index contributed by atoms with van der Waals surface area (Å²) in [5.41, 5.74) is 0.920. The second-order valence-corrected chi connectivity index (χ2v) is 4.64. The smallest absolute Gasteiger partial charge is 0.168 e. The summed E-state index contributed by atoms with van der Waals surface area (Å²) in [7, 11) is 0. The molecule has 0 aromatic heterocycles. The van der Waals surface area contributed by atoms with Crippen molar-refractivity contribution in [2.75, 3.05) is 0 Å². The Morgan fingerprint density at radius 3 is 2.40 bits per heavy atom. The predicted octanol–water partition coefficient (Wildman–Crippen LogP) is 3.75. The van der Waals surface area contributed by atoms with Crippen LogP contribution < -0.4 is 4.89 Å². The van der Waals surface area contributed by atoms with E-state index in [1.54, 1.807) is 0 Å². The lowest BCUT2D eigenvalue weighted by atomic mass is 10.1. The van der Waals surface area contributed by atoms with Gasteiger partial charge in [-0.05, 0) is 38.8 Å². The maximum Gasteiger partial charge on any atom is 0.168 e. The van der Waals surface area contributed by atoms with Crippen molar-refractivity contribution in [2.45, 2.75) is 46.1 Å². The summed E-state index contributed by atoms with van der Waals surface area (Å²) in [4.78, 5) is 10.7. The Morgan fingerprint density at radius 2 is 1.80 bits per heavy atom. The molecule has 84 valence electrons. The zero-order valence-corrected chi connectivity index (χ0v) is 10.0. The van der Waals surface area contributed by atoms with Gasteiger partial charge in [-0.25, -0.2) is 0 Å². The average Bonchev–Trinajstić information content (AvgIpc) is 2.16. The van der Waals surface area contributed by atoms with E-state index < -0.39 is 0 Å². The highest BCUT2D eigenvalue weighted by atomic mass is 17.2. The summed E-state index contributed by atoms with van der Waals surface area (Å²) in [5, 5.41) is 0. The molecule has 2 nitrogen and oxygen atoms in total. The van der Waals surface area contributed by atoms with Gasteiger partial charge in [0.2, 0.25) is 0 Å². The Labute approximate surface area is 92.1 Å². The minimum absolute atomic E-state index is 0.278. The molecule has 0 aliphatic carbocycles. The standard InChI is InChI=1S/C13H20O2/c1-5-8-11-9-6-7-10-12(11)14-15-13(2,3)4/h6-7,9-10H,5,8H2,1-4H3. The van der Waals surface area contributed by atoms with Crippen LogP contribution in [0.3, 0.4) is 0 Å². The van der Waals surface area contributed by atoms with Crippen LogP contribution in [-0.2, 0) is 11.3 Å². The average molecular weight is 208 g/mol. The molecular weight excluding hydrogens is 188 g/mol. The number of rotatable bonds is 4. The van der Waals surface area contributed by atoms with Gasteiger partial charge in [0.15, 0.2) is 5.75 Å². The third-order valence-corrected chi connectivity index (χ3v) is 1.87. The van der Waals surface area contributed by atoms with Gasteiger partial charge in [-0.1, -0.05) is 31.5 Å². The molecule has 0 fully saturated rings. The van der Waals surface area contributed by atoms with E-state index in [-0.39, 0.29) is 5.60 Å². The second kappa shape index (κ2) is 5.17. The van der Waals surface area contributed by atoms with E-state index in [9.17, 15) is 0 Å². The maximum atomic E-state index is 5.35. The topological polar surface area (TPSA) is 18.5 Å². The Hall–Kier alpha value is -1.02. The van der Waals surface area contributed by atoms with Crippen LogP contribution in [0.5, 0.6) is 5.75 Å². The van der Waals surface area contributed by atoms with Crippen molar-refractivity contribution in [3.8, 4) is 5.75 Å². The molecule has 0 aliphatic heterocycles. The van der Waals surface area contributed by atoms with Crippen molar-refractivity contribution < 1.29 is 9.78 Å². The lowest BCUT2D eigenvalue weighted by Gasteiger charge is -2.19. The second-order valence-electron chi connectivity index (χ2n) is 4.64. The molecule has 2 heteroatoms. The first-order chi connectivity index (χ1) is 7.03. The third kappa shape index (κ3) is 4.34. The van der Waals surface area contributed by atoms with Gasteiger partial charge in [0.05, 0.1) is 0 Å². The lowest BCUT2D eigenvalue weighted by molar-refractivity contribution is -0.275. The Kier molecular flexibility index (Phi) is 4.15. The molecule has 0 amide bonds. The van der Waals surface area contributed by atoms with E-state index in [0.717, 1.165) is 18.6 Å². The van der Waals surface area contributed by atoms with Gasteiger partial charge >= 0.3 is 0 Å². The van der Waals surface area contributed by atoms with E-state index in [1.807, 2.05) is 39.0 Å². The van der Waals surface area contributed by atoms with Gasteiger partial charge < -0.3 is 4.89 Å². The number of para-hydroxylation sites is 1. The van der Waals surface area contributed by atoms with Gasteiger partial charge in [-0.2, -0.15) is 4.89 Å². The fourth-order valence-electron chi connectivity index (χ4n) is 1.23. The van der Waals surface area contributed by atoms with E-state index in [1.165, 1.54) is 5.56 Å². The highest BCUT2D eigenvalue weighted by Crippen LogP contribution is 2.21. The first-order valence-corrected chi connectivity index (χ1v) is 5.46.